The molecule has 1 rings (SSSR count). The average molecular weight is 300 g/mol. The molecule has 0 atom stereocenters. The molecule has 1 aliphatic carbocycles. The molecule has 0 aliphatic heterocycles. The Labute approximate surface area is 121 Å². The number of rotatable bonds is 4. The molecular weight excluding hydrogens is 284 g/mol. The van der Waals surface area contributed by atoms with E-state index in [0.717, 1.165) is 0 Å². The summed E-state index contributed by atoms with van der Waals surface area (Å²) < 4.78 is 50.7. The van der Waals surface area contributed by atoms with E-state index in [0.29, 0.717) is 12.8 Å². The number of terminal acetylenes is 1. The number of hydrogen-bond acceptors (Lipinski definition) is 2. The van der Waals surface area contributed by atoms with Crippen LogP contribution >= 0.6 is 0 Å². The van der Waals surface area contributed by atoms with E-state index in [1.54, 1.807) is 12.1 Å². The smallest absolute Gasteiger partial charge is 0.230 e. The summed E-state index contributed by atoms with van der Waals surface area (Å²) in [4.78, 5) is 0. The van der Waals surface area contributed by atoms with E-state index in [2.05, 4.69) is 5.92 Å². The maximum atomic E-state index is 13.9. The van der Waals surface area contributed by atoms with Crippen molar-refractivity contribution in [2.75, 3.05) is 0 Å². The third-order valence-electron chi connectivity index (χ3n) is 4.06. The summed E-state index contributed by atoms with van der Waals surface area (Å²) in [5, 5.41) is 18.2. The van der Waals surface area contributed by atoms with Crippen molar-refractivity contribution >= 4 is 0 Å². The number of nitriles is 2. The molecule has 1 aliphatic rings. The first-order valence-corrected chi connectivity index (χ1v) is 6.73. The van der Waals surface area contributed by atoms with Gasteiger partial charge in [0.05, 0.1) is 12.1 Å². The zero-order valence-corrected chi connectivity index (χ0v) is 11.5. The lowest BCUT2D eigenvalue weighted by atomic mass is 9.71. The lowest BCUT2D eigenvalue weighted by molar-refractivity contribution is -0.138. The molecule has 1 fully saturated rings. The third-order valence-corrected chi connectivity index (χ3v) is 4.06. The van der Waals surface area contributed by atoms with Crippen molar-refractivity contribution in [3.05, 3.63) is 0 Å². The Balaban J connectivity index is 2.67. The molecule has 0 aromatic carbocycles. The van der Waals surface area contributed by atoms with E-state index in [9.17, 15) is 17.6 Å². The van der Waals surface area contributed by atoms with Crippen LogP contribution in [0.1, 0.15) is 44.9 Å². The van der Waals surface area contributed by atoms with Gasteiger partial charge in [0.2, 0.25) is 0 Å². The number of halogens is 4. The topological polar surface area (TPSA) is 47.6 Å². The van der Waals surface area contributed by atoms with Crippen LogP contribution in [0, 0.1) is 46.3 Å². The largest absolute Gasteiger partial charge is 0.389 e. The van der Waals surface area contributed by atoms with Crippen molar-refractivity contribution in [3.63, 3.8) is 0 Å². The summed E-state index contributed by atoms with van der Waals surface area (Å²) in [6.45, 7) is 0. The van der Waals surface area contributed by atoms with Crippen LogP contribution in [-0.4, -0.2) is 11.8 Å². The van der Waals surface area contributed by atoms with Gasteiger partial charge in [0, 0.05) is 6.42 Å². The molecule has 0 aromatic rings. The van der Waals surface area contributed by atoms with Crippen LogP contribution in [0.3, 0.4) is 0 Å². The molecule has 6 heteroatoms. The molecule has 1 saturated carbocycles. The second kappa shape index (κ2) is 6.35. The Morgan fingerprint density at radius 2 is 1.62 bits per heavy atom. The summed E-state index contributed by atoms with van der Waals surface area (Å²) in [6.07, 6.45) is 0.0522. The van der Waals surface area contributed by atoms with Gasteiger partial charge in [-0.05, 0) is 44.4 Å². The second-order valence-electron chi connectivity index (χ2n) is 5.68. The van der Waals surface area contributed by atoms with Crippen molar-refractivity contribution < 1.29 is 17.6 Å². The lowest BCUT2D eigenvalue weighted by Gasteiger charge is -2.33. The van der Waals surface area contributed by atoms with Crippen LogP contribution in [-0.2, 0) is 0 Å². The van der Waals surface area contributed by atoms with Crippen LogP contribution < -0.4 is 0 Å². The molecule has 0 radical (unpaired) electrons. The van der Waals surface area contributed by atoms with Gasteiger partial charge in [0.1, 0.15) is 5.41 Å². The van der Waals surface area contributed by atoms with Gasteiger partial charge in [-0.15, -0.1) is 6.42 Å². The summed E-state index contributed by atoms with van der Waals surface area (Å²) in [5.74, 6) is 1.95. The van der Waals surface area contributed by atoms with Gasteiger partial charge in [0.15, 0.2) is 5.67 Å². The second-order valence-corrected chi connectivity index (χ2v) is 5.68. The minimum atomic E-state index is -4.40. The normalized spacial score (nSPS) is 26.4. The van der Waals surface area contributed by atoms with E-state index in [1.807, 2.05) is 0 Å². The highest BCUT2D eigenvalue weighted by Gasteiger charge is 2.41. The van der Waals surface area contributed by atoms with Gasteiger partial charge in [0.25, 0.3) is 0 Å². The number of hydrogen-bond donors (Lipinski definition) is 0. The van der Waals surface area contributed by atoms with E-state index >= 15 is 0 Å². The Morgan fingerprint density at radius 1 is 1.10 bits per heavy atom. The zero-order valence-electron chi connectivity index (χ0n) is 11.5. The first-order chi connectivity index (χ1) is 9.67. The molecule has 0 heterocycles. The van der Waals surface area contributed by atoms with E-state index < -0.39 is 30.1 Å². The standard InChI is InChI=1S/C15H16F4N2/c1-2-14(16)5-3-12(4-6-14)9-13(10-20,11-21)7-8-15(17,18)19/h1,12H,3-9H2. The van der Waals surface area contributed by atoms with Gasteiger partial charge in [-0.3, -0.25) is 0 Å². The van der Waals surface area contributed by atoms with Gasteiger partial charge in [-0.1, -0.05) is 5.92 Å². The fourth-order valence-electron chi connectivity index (χ4n) is 2.66. The first-order valence-electron chi connectivity index (χ1n) is 6.73. The highest BCUT2D eigenvalue weighted by atomic mass is 19.4. The van der Waals surface area contributed by atoms with Crippen LogP contribution in [0.2, 0.25) is 0 Å². The molecule has 0 saturated heterocycles. The molecule has 0 amide bonds. The van der Waals surface area contributed by atoms with Crippen LogP contribution in [0.4, 0.5) is 17.6 Å². The Kier molecular flexibility index (Phi) is 5.24. The summed E-state index contributed by atoms with van der Waals surface area (Å²) in [5.41, 5.74) is -3.32. The predicted octanol–water partition coefficient (Wildman–Crippen LogP) is 4.28. The van der Waals surface area contributed by atoms with E-state index in [1.165, 1.54) is 0 Å². The minimum Gasteiger partial charge on any atom is -0.230 e. The number of alkyl halides is 4. The number of nitrogens with zero attached hydrogens (tertiary/aromatic N) is 2. The fraction of sp³-hybridized carbons (Fsp3) is 0.733. The minimum absolute atomic E-state index is 0.0384. The van der Waals surface area contributed by atoms with Crippen LogP contribution in [0.15, 0.2) is 0 Å². The van der Waals surface area contributed by atoms with Crippen molar-refractivity contribution in [2.45, 2.75) is 56.8 Å². The highest BCUT2D eigenvalue weighted by molar-refractivity contribution is 5.15. The molecule has 0 bridgehead atoms. The van der Waals surface area contributed by atoms with Gasteiger partial charge >= 0.3 is 6.18 Å². The molecule has 0 unspecified atom stereocenters. The monoisotopic (exact) mass is 300 g/mol. The quantitative estimate of drug-likeness (QED) is 0.574. The predicted molar refractivity (Wildman–Crippen MR) is 68.2 cm³/mol. The molecule has 21 heavy (non-hydrogen) atoms. The van der Waals surface area contributed by atoms with Crippen molar-refractivity contribution in [2.24, 2.45) is 11.3 Å². The summed E-state index contributed by atoms with van der Waals surface area (Å²) in [7, 11) is 0. The lowest BCUT2D eigenvalue weighted by Crippen LogP contribution is -2.31. The van der Waals surface area contributed by atoms with Crippen LogP contribution in [0.5, 0.6) is 0 Å². The van der Waals surface area contributed by atoms with Gasteiger partial charge < -0.3 is 0 Å². The molecule has 114 valence electrons. The SMILES string of the molecule is C#CC1(F)CCC(CC(C#N)(C#N)CCC(F)(F)F)CC1. The van der Waals surface area contributed by atoms with Gasteiger partial charge in [-0.25, -0.2) is 4.39 Å². The van der Waals surface area contributed by atoms with Crippen molar-refractivity contribution in [1.82, 2.24) is 0 Å². The van der Waals surface area contributed by atoms with Gasteiger partial charge in [-0.2, -0.15) is 23.7 Å². The Hall–Kier alpha value is -1.74. The van der Waals surface area contributed by atoms with E-state index in [-0.39, 0.29) is 25.2 Å². The average Bonchev–Trinajstić information content (AvgIpc) is 2.45. The molecule has 0 spiro atoms. The fourth-order valence-corrected chi connectivity index (χ4v) is 2.66. The maximum absolute atomic E-state index is 13.9. The van der Waals surface area contributed by atoms with Crippen LogP contribution in [0.25, 0.3) is 0 Å². The summed E-state index contributed by atoms with van der Waals surface area (Å²) >= 11 is 0. The Morgan fingerprint density at radius 3 is 2.00 bits per heavy atom. The Bertz CT molecular complexity index is 468. The third kappa shape index (κ3) is 4.94. The highest BCUT2D eigenvalue weighted by Crippen LogP contribution is 2.42. The van der Waals surface area contributed by atoms with E-state index in [4.69, 9.17) is 16.9 Å². The van der Waals surface area contributed by atoms with Crippen molar-refractivity contribution in [1.29, 1.82) is 10.5 Å². The summed E-state index contributed by atoms with van der Waals surface area (Å²) in [6, 6.07) is 3.45. The maximum Gasteiger partial charge on any atom is 0.389 e. The molecule has 2 nitrogen and oxygen atoms in total. The molecule has 0 aromatic heterocycles. The first kappa shape index (κ1) is 17.3. The zero-order chi connectivity index (χ0) is 16.1. The molecule has 0 N–H and O–H groups in total. The molecular formula is C15H16F4N2. The van der Waals surface area contributed by atoms with Crippen molar-refractivity contribution in [3.8, 4) is 24.5 Å².